The van der Waals surface area contributed by atoms with Crippen molar-refractivity contribution < 1.29 is 14.6 Å². The lowest BCUT2D eigenvalue weighted by molar-refractivity contribution is 0.171. The van der Waals surface area contributed by atoms with E-state index in [0.717, 1.165) is 17.8 Å². The van der Waals surface area contributed by atoms with Gasteiger partial charge in [-0.05, 0) is 43.2 Å². The van der Waals surface area contributed by atoms with Gasteiger partial charge in [-0.3, -0.25) is 0 Å². The van der Waals surface area contributed by atoms with E-state index in [2.05, 4.69) is 10.3 Å². The molecule has 0 amide bonds. The van der Waals surface area contributed by atoms with Crippen LogP contribution < -0.4 is 14.8 Å². The predicted octanol–water partition coefficient (Wildman–Crippen LogP) is 3.21. The highest BCUT2D eigenvalue weighted by Crippen LogP contribution is 2.38. The number of halogens is 1. The number of pyridine rings is 1. The summed E-state index contributed by atoms with van der Waals surface area (Å²) in [5, 5.41) is 13.4. The van der Waals surface area contributed by atoms with Crippen molar-refractivity contribution in [1.29, 1.82) is 0 Å². The largest absolute Gasteiger partial charge is 0.486 e. The number of rotatable bonds is 5. The van der Waals surface area contributed by atoms with Crippen molar-refractivity contribution in [2.75, 3.05) is 25.1 Å². The van der Waals surface area contributed by atoms with E-state index >= 15 is 0 Å². The highest BCUT2D eigenvalue weighted by Gasteiger charge is 2.16. The second-order valence-electron chi connectivity index (χ2n) is 5.40. The lowest BCUT2D eigenvalue weighted by Gasteiger charge is -2.20. The molecule has 1 aliphatic rings. The summed E-state index contributed by atoms with van der Waals surface area (Å²) in [7, 11) is 0. The highest BCUT2D eigenvalue weighted by atomic mass is 35.5. The van der Waals surface area contributed by atoms with Gasteiger partial charge in [-0.15, -0.1) is 0 Å². The van der Waals surface area contributed by atoms with Gasteiger partial charge in [0.25, 0.3) is 0 Å². The third-order valence-electron chi connectivity index (χ3n) is 3.58. The smallest absolute Gasteiger partial charge is 0.179 e. The first-order valence-corrected chi connectivity index (χ1v) is 7.98. The Labute approximate surface area is 140 Å². The fourth-order valence-corrected chi connectivity index (χ4v) is 2.71. The molecule has 1 aromatic heterocycles. The number of ether oxygens (including phenoxy) is 2. The molecule has 1 unspecified atom stereocenters. The number of fused-ring (bicyclic) bond motifs is 1. The summed E-state index contributed by atoms with van der Waals surface area (Å²) in [5.41, 5.74) is 1.72. The van der Waals surface area contributed by atoms with Crippen molar-refractivity contribution in [3.8, 4) is 11.5 Å². The van der Waals surface area contributed by atoms with E-state index in [1.165, 1.54) is 0 Å². The van der Waals surface area contributed by atoms with Gasteiger partial charge in [-0.1, -0.05) is 17.7 Å². The van der Waals surface area contributed by atoms with E-state index in [4.69, 9.17) is 21.1 Å². The zero-order valence-electron chi connectivity index (χ0n) is 12.9. The molecule has 0 saturated carbocycles. The van der Waals surface area contributed by atoms with Gasteiger partial charge in [0.05, 0.1) is 16.8 Å². The Bertz CT molecular complexity index is 692. The van der Waals surface area contributed by atoms with Crippen LogP contribution >= 0.6 is 11.6 Å². The minimum Gasteiger partial charge on any atom is -0.486 e. The third kappa shape index (κ3) is 3.86. The summed E-state index contributed by atoms with van der Waals surface area (Å²) < 4.78 is 11.1. The monoisotopic (exact) mass is 334 g/mol. The maximum absolute atomic E-state index is 9.56. The normalized spacial score (nSPS) is 14.4. The Hall–Kier alpha value is -1.98. The Balaban J connectivity index is 1.63. The van der Waals surface area contributed by atoms with Gasteiger partial charge in [0, 0.05) is 6.54 Å². The van der Waals surface area contributed by atoms with Crippen LogP contribution in [0.2, 0.25) is 5.02 Å². The molecule has 3 rings (SSSR count). The lowest BCUT2D eigenvalue weighted by atomic mass is 10.1. The molecule has 122 valence electrons. The first-order chi connectivity index (χ1) is 11.1. The Morgan fingerprint density at radius 1 is 1.30 bits per heavy atom. The number of benzene rings is 1. The lowest BCUT2D eigenvalue weighted by Crippen LogP contribution is -2.16. The molecular formula is C17H19ClN2O3. The van der Waals surface area contributed by atoms with E-state index < -0.39 is 6.10 Å². The molecule has 0 aliphatic carbocycles. The van der Waals surface area contributed by atoms with Crippen molar-refractivity contribution in [1.82, 2.24) is 4.98 Å². The van der Waals surface area contributed by atoms with Crippen molar-refractivity contribution in [3.05, 3.63) is 46.6 Å². The molecule has 0 radical (unpaired) electrons. The van der Waals surface area contributed by atoms with Gasteiger partial charge < -0.3 is 19.9 Å². The number of aliphatic hydroxyl groups excluding tert-OH is 1. The van der Waals surface area contributed by atoms with Crippen LogP contribution in [0.15, 0.2) is 30.3 Å². The van der Waals surface area contributed by atoms with Crippen molar-refractivity contribution in [2.24, 2.45) is 0 Å². The maximum atomic E-state index is 9.56. The highest BCUT2D eigenvalue weighted by molar-refractivity contribution is 6.32. The maximum Gasteiger partial charge on any atom is 0.179 e. The minimum atomic E-state index is -0.576. The van der Waals surface area contributed by atoms with E-state index in [-0.39, 0.29) is 0 Å². The molecule has 0 fully saturated rings. The van der Waals surface area contributed by atoms with Crippen LogP contribution in [0.3, 0.4) is 0 Å². The third-order valence-corrected chi connectivity index (χ3v) is 3.86. The number of anilines is 1. The summed E-state index contributed by atoms with van der Waals surface area (Å²) in [4.78, 5) is 4.36. The first kappa shape index (κ1) is 15.9. The molecule has 1 aliphatic heterocycles. The van der Waals surface area contributed by atoms with Crippen LogP contribution in [-0.2, 0) is 6.42 Å². The topological polar surface area (TPSA) is 63.6 Å². The SMILES string of the molecule is CC(O)c1cccc(NCCc2cc(Cl)c3c(c2)OCCO3)n1. The average molecular weight is 335 g/mol. The van der Waals surface area contributed by atoms with Gasteiger partial charge in [-0.2, -0.15) is 0 Å². The van der Waals surface area contributed by atoms with Crippen LogP contribution in [0, 0.1) is 0 Å². The summed E-state index contributed by atoms with van der Waals surface area (Å²) in [5.74, 6) is 2.07. The predicted molar refractivity (Wildman–Crippen MR) is 89.5 cm³/mol. The molecule has 1 aromatic carbocycles. The van der Waals surface area contributed by atoms with Crippen molar-refractivity contribution in [2.45, 2.75) is 19.4 Å². The second kappa shape index (κ2) is 7.06. The zero-order valence-corrected chi connectivity index (χ0v) is 13.6. The molecule has 5 nitrogen and oxygen atoms in total. The van der Waals surface area contributed by atoms with E-state index in [9.17, 15) is 5.11 Å². The number of nitrogens with one attached hydrogen (secondary N) is 1. The average Bonchev–Trinajstić information content (AvgIpc) is 2.55. The fourth-order valence-electron chi connectivity index (χ4n) is 2.43. The fraction of sp³-hybridized carbons (Fsp3) is 0.353. The van der Waals surface area contributed by atoms with Crippen LogP contribution in [0.1, 0.15) is 24.3 Å². The quantitative estimate of drug-likeness (QED) is 0.879. The van der Waals surface area contributed by atoms with E-state index in [1.54, 1.807) is 13.0 Å². The number of nitrogens with zero attached hydrogens (tertiary/aromatic N) is 1. The summed E-state index contributed by atoms with van der Waals surface area (Å²) in [6.07, 6.45) is 0.199. The number of aliphatic hydroxyl groups is 1. The molecule has 0 bridgehead atoms. The number of hydrogen-bond acceptors (Lipinski definition) is 5. The van der Waals surface area contributed by atoms with Gasteiger partial charge in [0.1, 0.15) is 19.0 Å². The first-order valence-electron chi connectivity index (χ1n) is 7.60. The Morgan fingerprint density at radius 3 is 2.96 bits per heavy atom. The van der Waals surface area contributed by atoms with Gasteiger partial charge in [-0.25, -0.2) is 4.98 Å². The van der Waals surface area contributed by atoms with Gasteiger partial charge >= 0.3 is 0 Å². The standard InChI is InChI=1S/C17H19ClN2O3/c1-11(21)14-3-2-4-16(20-14)19-6-5-12-9-13(18)17-15(10-12)22-7-8-23-17/h2-4,9-11,21H,5-8H2,1H3,(H,19,20). The summed E-state index contributed by atoms with van der Waals surface area (Å²) in [6.45, 7) is 3.47. The van der Waals surface area contributed by atoms with E-state index in [1.807, 2.05) is 24.3 Å². The van der Waals surface area contributed by atoms with Gasteiger partial charge in [0.15, 0.2) is 11.5 Å². The second-order valence-corrected chi connectivity index (χ2v) is 5.81. The molecule has 1 atom stereocenters. The Morgan fingerprint density at radius 2 is 2.13 bits per heavy atom. The summed E-state index contributed by atoms with van der Waals surface area (Å²) >= 11 is 6.23. The number of aromatic nitrogens is 1. The van der Waals surface area contributed by atoms with Crippen LogP contribution in [-0.4, -0.2) is 29.8 Å². The van der Waals surface area contributed by atoms with Crippen LogP contribution in [0.5, 0.6) is 11.5 Å². The molecule has 0 saturated heterocycles. The Kier molecular flexibility index (Phi) is 4.88. The van der Waals surface area contributed by atoms with Crippen molar-refractivity contribution >= 4 is 17.4 Å². The molecule has 6 heteroatoms. The minimum absolute atomic E-state index is 0.527. The van der Waals surface area contributed by atoms with E-state index in [0.29, 0.717) is 42.0 Å². The van der Waals surface area contributed by atoms with Crippen LogP contribution in [0.25, 0.3) is 0 Å². The molecule has 2 N–H and O–H groups in total. The molecule has 2 aromatic rings. The molecule has 23 heavy (non-hydrogen) atoms. The zero-order chi connectivity index (χ0) is 16.2. The molecule has 0 spiro atoms. The molecule has 2 heterocycles. The molecular weight excluding hydrogens is 316 g/mol. The number of hydrogen-bond donors (Lipinski definition) is 2. The van der Waals surface area contributed by atoms with Crippen LogP contribution in [0.4, 0.5) is 5.82 Å². The van der Waals surface area contributed by atoms with Gasteiger partial charge in [0.2, 0.25) is 0 Å². The van der Waals surface area contributed by atoms with Crippen molar-refractivity contribution in [3.63, 3.8) is 0 Å². The summed E-state index contributed by atoms with van der Waals surface area (Å²) in [6, 6.07) is 9.41.